The second-order valence-corrected chi connectivity index (χ2v) is 4.32. The Balaban J connectivity index is 2.39. The molecule has 6 nitrogen and oxygen atoms in total. The second-order valence-electron chi connectivity index (χ2n) is 4.32. The van der Waals surface area contributed by atoms with Crippen LogP contribution < -0.4 is 5.32 Å². The Morgan fingerprint density at radius 1 is 1.56 bits per heavy atom. The number of benzene rings is 1. The number of nitro groups is 1. The summed E-state index contributed by atoms with van der Waals surface area (Å²) in [4.78, 5) is 14.3. The van der Waals surface area contributed by atoms with Crippen molar-refractivity contribution in [2.75, 3.05) is 5.32 Å². The number of aromatic nitrogens is 1. The third-order valence-corrected chi connectivity index (χ3v) is 2.36. The van der Waals surface area contributed by atoms with Crippen molar-refractivity contribution in [1.29, 1.82) is 0 Å². The van der Waals surface area contributed by atoms with E-state index in [0.29, 0.717) is 11.1 Å². The van der Waals surface area contributed by atoms with E-state index in [1.165, 1.54) is 18.2 Å². The number of fused-ring (bicyclic) bond motifs is 1. The summed E-state index contributed by atoms with van der Waals surface area (Å²) in [5, 5.41) is 13.6. The van der Waals surface area contributed by atoms with Crippen molar-refractivity contribution in [3.63, 3.8) is 0 Å². The summed E-state index contributed by atoms with van der Waals surface area (Å²) in [6.07, 6.45) is 5.34. The molecule has 0 radical (unpaired) electrons. The van der Waals surface area contributed by atoms with Gasteiger partial charge in [0.25, 0.3) is 11.7 Å². The number of terminal acetylenes is 1. The van der Waals surface area contributed by atoms with Crippen molar-refractivity contribution < 1.29 is 9.34 Å². The van der Waals surface area contributed by atoms with Crippen LogP contribution in [0, 0.1) is 22.5 Å². The summed E-state index contributed by atoms with van der Waals surface area (Å²) >= 11 is 0. The molecule has 0 fully saturated rings. The van der Waals surface area contributed by atoms with Gasteiger partial charge >= 0.3 is 0 Å². The first-order valence-corrected chi connectivity index (χ1v) is 5.22. The topological polar surface area (TPSA) is 81.2 Å². The average molecular weight is 245 g/mol. The lowest BCUT2D eigenvalue weighted by molar-refractivity contribution is -0.384. The second kappa shape index (κ2) is 4.04. The van der Waals surface area contributed by atoms with Crippen molar-refractivity contribution in [2.24, 2.45) is 0 Å². The maximum Gasteiger partial charge on any atom is 0.296 e. The molecule has 1 N–H and O–H groups in total. The van der Waals surface area contributed by atoms with Crippen LogP contribution in [0.3, 0.4) is 0 Å². The molecular formula is C12H11N3O3. The van der Waals surface area contributed by atoms with Crippen LogP contribution in [0.4, 0.5) is 11.7 Å². The molecule has 0 aliphatic carbocycles. The maximum atomic E-state index is 10.6. The summed E-state index contributed by atoms with van der Waals surface area (Å²) in [5.41, 5.74) is 0.251. The van der Waals surface area contributed by atoms with Gasteiger partial charge in [-0.3, -0.25) is 10.1 Å². The summed E-state index contributed by atoms with van der Waals surface area (Å²) in [6.45, 7) is 3.59. The molecule has 2 aromatic rings. The molecule has 0 aliphatic heterocycles. The van der Waals surface area contributed by atoms with Gasteiger partial charge in [0.1, 0.15) is 5.52 Å². The van der Waals surface area contributed by atoms with Gasteiger partial charge in [-0.15, -0.1) is 6.42 Å². The Bertz CT molecular complexity index is 652. The predicted octanol–water partition coefficient (Wildman–Crippen LogP) is 2.56. The molecule has 18 heavy (non-hydrogen) atoms. The van der Waals surface area contributed by atoms with Crippen molar-refractivity contribution in [3.05, 3.63) is 28.3 Å². The van der Waals surface area contributed by atoms with Crippen molar-refractivity contribution in [1.82, 2.24) is 4.98 Å². The minimum atomic E-state index is -0.604. The van der Waals surface area contributed by atoms with Gasteiger partial charge in [-0.25, -0.2) is 0 Å². The van der Waals surface area contributed by atoms with E-state index in [2.05, 4.69) is 16.2 Å². The number of rotatable bonds is 3. The minimum Gasteiger partial charge on any atom is -0.424 e. The maximum absolute atomic E-state index is 10.6. The Morgan fingerprint density at radius 2 is 2.28 bits per heavy atom. The predicted molar refractivity (Wildman–Crippen MR) is 67.2 cm³/mol. The molecule has 1 aromatic carbocycles. The van der Waals surface area contributed by atoms with Gasteiger partial charge in [0, 0.05) is 12.1 Å². The van der Waals surface area contributed by atoms with Crippen LogP contribution in [0.1, 0.15) is 13.8 Å². The number of hydrogen-bond acceptors (Lipinski definition) is 5. The largest absolute Gasteiger partial charge is 0.424 e. The SMILES string of the molecule is C#CC(C)(C)Nc1nc2cc([N+](=O)[O-])ccc2o1. The number of non-ortho nitro benzene ring substituents is 1. The summed E-state index contributed by atoms with van der Waals surface area (Å²) in [7, 11) is 0. The molecule has 0 amide bonds. The normalized spacial score (nSPS) is 11.2. The summed E-state index contributed by atoms with van der Waals surface area (Å²) < 4.78 is 5.40. The third-order valence-electron chi connectivity index (χ3n) is 2.36. The van der Waals surface area contributed by atoms with Gasteiger partial charge in [0.15, 0.2) is 5.58 Å². The molecule has 92 valence electrons. The number of anilines is 1. The van der Waals surface area contributed by atoms with Gasteiger partial charge in [0.05, 0.1) is 10.5 Å². The van der Waals surface area contributed by atoms with E-state index in [1.54, 1.807) is 13.8 Å². The molecule has 1 aromatic heterocycles. The zero-order valence-electron chi connectivity index (χ0n) is 9.93. The molecule has 0 saturated carbocycles. The van der Waals surface area contributed by atoms with Gasteiger partial charge in [-0.2, -0.15) is 4.98 Å². The Hall–Kier alpha value is -2.55. The standard InChI is InChI=1S/C12H11N3O3/c1-4-12(2,3)14-11-13-9-7-8(15(16)17)5-6-10(9)18-11/h1,5-7H,2-3H3,(H,13,14). The van der Waals surface area contributed by atoms with Crippen LogP contribution >= 0.6 is 0 Å². The van der Waals surface area contributed by atoms with E-state index < -0.39 is 10.5 Å². The fourth-order valence-corrected chi connectivity index (χ4v) is 1.39. The molecule has 0 spiro atoms. The van der Waals surface area contributed by atoms with Gasteiger partial charge in [-0.1, -0.05) is 5.92 Å². The van der Waals surface area contributed by atoms with Crippen LogP contribution in [-0.2, 0) is 0 Å². The lowest BCUT2D eigenvalue weighted by Crippen LogP contribution is -2.28. The van der Waals surface area contributed by atoms with Gasteiger partial charge in [-0.05, 0) is 19.9 Å². The number of nitrogens with zero attached hydrogens (tertiary/aromatic N) is 2. The lowest BCUT2D eigenvalue weighted by Gasteiger charge is -2.17. The highest BCUT2D eigenvalue weighted by atomic mass is 16.6. The molecular weight excluding hydrogens is 234 g/mol. The smallest absolute Gasteiger partial charge is 0.296 e. The Labute approximate surface area is 103 Å². The number of nitrogens with one attached hydrogen (secondary N) is 1. The third kappa shape index (κ3) is 2.25. The average Bonchev–Trinajstić information content (AvgIpc) is 2.68. The first-order valence-electron chi connectivity index (χ1n) is 5.22. The molecule has 1 heterocycles. The zero-order chi connectivity index (χ0) is 13.3. The molecule has 0 atom stereocenters. The highest BCUT2D eigenvalue weighted by Crippen LogP contribution is 2.24. The molecule has 6 heteroatoms. The first-order chi connectivity index (χ1) is 8.41. The van der Waals surface area contributed by atoms with E-state index in [9.17, 15) is 10.1 Å². The quantitative estimate of drug-likeness (QED) is 0.510. The lowest BCUT2D eigenvalue weighted by atomic mass is 10.1. The first kappa shape index (κ1) is 11.9. The molecule has 2 rings (SSSR count). The van der Waals surface area contributed by atoms with Crippen molar-refractivity contribution in [2.45, 2.75) is 19.4 Å². The van der Waals surface area contributed by atoms with Crippen LogP contribution in [0.5, 0.6) is 0 Å². The highest BCUT2D eigenvalue weighted by Gasteiger charge is 2.18. The van der Waals surface area contributed by atoms with Crippen LogP contribution in [0.15, 0.2) is 22.6 Å². The van der Waals surface area contributed by atoms with E-state index in [0.717, 1.165) is 0 Å². The van der Waals surface area contributed by atoms with Crippen LogP contribution in [0.2, 0.25) is 0 Å². The van der Waals surface area contributed by atoms with Gasteiger partial charge in [0.2, 0.25) is 0 Å². The number of oxazole rings is 1. The Kier molecular flexibility index (Phi) is 2.67. The van der Waals surface area contributed by atoms with Crippen LogP contribution in [-0.4, -0.2) is 15.4 Å². The zero-order valence-corrected chi connectivity index (χ0v) is 9.93. The summed E-state index contributed by atoms with van der Waals surface area (Å²) in [6, 6.07) is 4.47. The van der Waals surface area contributed by atoms with E-state index in [4.69, 9.17) is 10.8 Å². The van der Waals surface area contributed by atoms with E-state index in [-0.39, 0.29) is 11.7 Å². The number of nitro benzene ring substituents is 1. The molecule has 0 saturated heterocycles. The minimum absolute atomic E-state index is 0.0291. The van der Waals surface area contributed by atoms with Crippen molar-refractivity contribution in [3.8, 4) is 12.3 Å². The molecule has 0 unspecified atom stereocenters. The van der Waals surface area contributed by atoms with Crippen molar-refractivity contribution >= 4 is 22.8 Å². The summed E-state index contributed by atoms with van der Waals surface area (Å²) in [5.74, 6) is 2.54. The monoisotopic (exact) mass is 245 g/mol. The van der Waals surface area contributed by atoms with Gasteiger partial charge < -0.3 is 9.73 Å². The fraction of sp³-hybridized carbons (Fsp3) is 0.250. The van der Waals surface area contributed by atoms with E-state index in [1.807, 2.05) is 0 Å². The van der Waals surface area contributed by atoms with E-state index >= 15 is 0 Å². The fourth-order valence-electron chi connectivity index (χ4n) is 1.39. The molecule has 0 bridgehead atoms. The van der Waals surface area contributed by atoms with Crippen LogP contribution in [0.25, 0.3) is 11.1 Å². The number of hydrogen-bond donors (Lipinski definition) is 1. The molecule has 0 aliphatic rings. The highest BCUT2D eigenvalue weighted by molar-refractivity contribution is 5.77. The Morgan fingerprint density at radius 3 is 2.89 bits per heavy atom.